The number of benzene rings is 3. The second-order valence-corrected chi connectivity index (χ2v) is 4.16. The van der Waals surface area contributed by atoms with Crippen molar-refractivity contribution in [2.75, 3.05) is 5.73 Å². The third-order valence-corrected chi connectivity index (χ3v) is 2.89. The molecule has 2 aromatic carbocycles. The third kappa shape index (κ3) is 2.00. The number of anilines is 1. The van der Waals surface area contributed by atoms with Crippen LogP contribution in [0.3, 0.4) is 0 Å². The van der Waals surface area contributed by atoms with E-state index in [1.54, 1.807) is 0 Å². The van der Waals surface area contributed by atoms with Crippen LogP contribution in [-0.4, -0.2) is 0 Å². The van der Waals surface area contributed by atoms with E-state index in [-0.39, 0.29) is 0 Å². The topological polar surface area (TPSA) is 26.0 Å². The van der Waals surface area contributed by atoms with E-state index in [4.69, 9.17) is 5.73 Å². The van der Waals surface area contributed by atoms with E-state index < -0.39 is 0 Å². The standard InChI is InChI=1S/C10H6.C6H7N/c1-2-4-9-7(3-1)5-8-6-10(8)9;7-6-4-2-1-3-5-6/h1-6H;1-5H,7H2. The molecule has 0 bridgehead atoms. The third-order valence-electron chi connectivity index (χ3n) is 2.89. The molecular weight excluding hydrogens is 206 g/mol. The molecule has 1 heteroatoms. The number of para-hydroxylation sites is 1. The first-order valence-corrected chi connectivity index (χ1v) is 5.68. The molecule has 0 radical (unpaired) electrons. The van der Waals surface area contributed by atoms with E-state index in [2.05, 4.69) is 36.4 Å². The Labute approximate surface area is 101 Å². The van der Waals surface area contributed by atoms with Gasteiger partial charge in [-0.25, -0.2) is 0 Å². The summed E-state index contributed by atoms with van der Waals surface area (Å²) < 4.78 is 0. The van der Waals surface area contributed by atoms with Gasteiger partial charge in [0.15, 0.2) is 0 Å². The normalized spacial score (nSPS) is 10.6. The summed E-state index contributed by atoms with van der Waals surface area (Å²) in [5, 5.41) is 2.80. The summed E-state index contributed by atoms with van der Waals surface area (Å²) in [5.74, 6) is 0. The van der Waals surface area contributed by atoms with Gasteiger partial charge in [-0.1, -0.05) is 42.5 Å². The Kier molecular flexibility index (Phi) is 2.30. The Bertz CT molecular complexity index is 657. The van der Waals surface area contributed by atoms with Crippen LogP contribution in [0.1, 0.15) is 0 Å². The van der Waals surface area contributed by atoms with Gasteiger partial charge in [0.25, 0.3) is 0 Å². The summed E-state index contributed by atoms with van der Waals surface area (Å²) in [6.07, 6.45) is 0. The van der Waals surface area contributed by atoms with Gasteiger partial charge in [0.2, 0.25) is 0 Å². The second kappa shape index (κ2) is 3.95. The zero-order valence-corrected chi connectivity index (χ0v) is 9.43. The highest BCUT2D eigenvalue weighted by atomic mass is 14.5. The summed E-state index contributed by atoms with van der Waals surface area (Å²) in [5.41, 5.74) is 9.07. The molecule has 0 spiro atoms. The minimum Gasteiger partial charge on any atom is -0.399 e. The van der Waals surface area contributed by atoms with Gasteiger partial charge in [-0.2, -0.15) is 0 Å². The Morgan fingerprint density at radius 3 is 2.06 bits per heavy atom. The van der Waals surface area contributed by atoms with Crippen molar-refractivity contribution in [3.63, 3.8) is 0 Å². The molecule has 0 heterocycles. The maximum atomic E-state index is 5.36. The lowest BCUT2D eigenvalue weighted by atomic mass is 10.2. The molecule has 1 nitrogen and oxygen atoms in total. The van der Waals surface area contributed by atoms with E-state index in [1.165, 1.54) is 21.9 Å². The maximum Gasteiger partial charge on any atom is 0.0313 e. The van der Waals surface area contributed by atoms with Gasteiger partial charge in [0, 0.05) is 5.69 Å². The summed E-state index contributed by atoms with van der Waals surface area (Å²) >= 11 is 0. The first kappa shape index (κ1) is 9.91. The van der Waals surface area contributed by atoms with E-state index in [1.807, 2.05) is 30.3 Å². The molecule has 17 heavy (non-hydrogen) atoms. The highest BCUT2D eigenvalue weighted by Crippen LogP contribution is 2.42. The van der Waals surface area contributed by atoms with Crippen LogP contribution in [0.15, 0.2) is 66.7 Å². The van der Waals surface area contributed by atoms with Crippen molar-refractivity contribution in [1.29, 1.82) is 0 Å². The predicted octanol–water partition coefficient (Wildman–Crippen LogP) is 4.09. The predicted molar refractivity (Wildman–Crippen MR) is 73.8 cm³/mol. The molecular formula is C16H13N. The van der Waals surface area contributed by atoms with Crippen molar-refractivity contribution in [3.8, 4) is 11.1 Å². The van der Waals surface area contributed by atoms with Crippen molar-refractivity contribution in [2.45, 2.75) is 0 Å². The number of nitrogens with two attached hydrogens (primary N) is 1. The summed E-state index contributed by atoms with van der Waals surface area (Å²) in [4.78, 5) is 0. The van der Waals surface area contributed by atoms with Crippen LogP contribution in [0, 0.1) is 0 Å². The SMILES string of the molecule is Nc1ccccc1.c1ccc2c3cc-3cc2c1. The van der Waals surface area contributed by atoms with Gasteiger partial charge >= 0.3 is 0 Å². The van der Waals surface area contributed by atoms with Crippen molar-refractivity contribution >= 4 is 16.5 Å². The largest absolute Gasteiger partial charge is 0.399 e. The lowest BCUT2D eigenvalue weighted by Crippen LogP contribution is -1.79. The monoisotopic (exact) mass is 219 g/mol. The molecule has 2 aromatic rings. The van der Waals surface area contributed by atoms with E-state index in [9.17, 15) is 0 Å². The van der Waals surface area contributed by atoms with Gasteiger partial charge in [0.05, 0.1) is 0 Å². The average Bonchev–Trinajstić information content (AvgIpc) is 3.04. The summed E-state index contributed by atoms with van der Waals surface area (Å²) in [6.45, 7) is 0. The highest BCUT2D eigenvalue weighted by Gasteiger charge is 2.15. The van der Waals surface area contributed by atoms with E-state index in [0.29, 0.717) is 0 Å². The molecule has 0 atom stereocenters. The molecule has 0 saturated carbocycles. The summed E-state index contributed by atoms with van der Waals surface area (Å²) in [6, 6.07) is 22.5. The zero-order valence-electron chi connectivity index (χ0n) is 9.43. The molecule has 2 aliphatic rings. The Morgan fingerprint density at radius 2 is 1.41 bits per heavy atom. The fourth-order valence-electron chi connectivity index (χ4n) is 1.96. The fraction of sp³-hybridized carbons (Fsp3) is 0. The van der Waals surface area contributed by atoms with E-state index >= 15 is 0 Å². The molecule has 2 aliphatic carbocycles. The van der Waals surface area contributed by atoms with Gasteiger partial charge in [-0.05, 0) is 46.2 Å². The van der Waals surface area contributed by atoms with Gasteiger partial charge in [0.1, 0.15) is 0 Å². The van der Waals surface area contributed by atoms with Crippen LogP contribution in [0.2, 0.25) is 0 Å². The van der Waals surface area contributed by atoms with Gasteiger partial charge in [-0.3, -0.25) is 0 Å². The molecule has 0 saturated heterocycles. The molecule has 0 fully saturated rings. The van der Waals surface area contributed by atoms with Crippen LogP contribution in [0.5, 0.6) is 0 Å². The summed E-state index contributed by atoms with van der Waals surface area (Å²) in [7, 11) is 0. The van der Waals surface area contributed by atoms with Crippen LogP contribution in [0.25, 0.3) is 21.9 Å². The van der Waals surface area contributed by atoms with Gasteiger partial charge in [-0.15, -0.1) is 0 Å². The maximum absolute atomic E-state index is 5.36. The van der Waals surface area contributed by atoms with Crippen LogP contribution >= 0.6 is 0 Å². The highest BCUT2D eigenvalue weighted by molar-refractivity contribution is 6.09. The van der Waals surface area contributed by atoms with Crippen molar-refractivity contribution in [1.82, 2.24) is 0 Å². The molecule has 82 valence electrons. The number of fused-ring (bicyclic) bond motifs is 3. The minimum absolute atomic E-state index is 0.822. The van der Waals surface area contributed by atoms with Gasteiger partial charge < -0.3 is 5.73 Å². The zero-order chi connectivity index (χ0) is 11.7. The minimum atomic E-state index is 0.822. The van der Waals surface area contributed by atoms with E-state index in [0.717, 1.165) is 5.69 Å². The lowest BCUT2D eigenvalue weighted by Gasteiger charge is -1.85. The van der Waals surface area contributed by atoms with Crippen LogP contribution in [-0.2, 0) is 0 Å². The number of hydrogen-bond donors (Lipinski definition) is 1. The smallest absolute Gasteiger partial charge is 0.0313 e. The molecule has 2 N–H and O–H groups in total. The molecule has 0 aromatic heterocycles. The molecule has 4 rings (SSSR count). The Hall–Kier alpha value is -2.28. The fourth-order valence-corrected chi connectivity index (χ4v) is 1.96. The van der Waals surface area contributed by atoms with Crippen LogP contribution < -0.4 is 5.73 Å². The number of hydrogen-bond acceptors (Lipinski definition) is 1. The number of rotatable bonds is 0. The first-order valence-electron chi connectivity index (χ1n) is 5.68. The lowest BCUT2D eigenvalue weighted by molar-refractivity contribution is 1.69. The molecule has 0 amide bonds. The van der Waals surface area contributed by atoms with Crippen molar-refractivity contribution in [2.24, 2.45) is 0 Å². The van der Waals surface area contributed by atoms with Crippen molar-refractivity contribution in [3.05, 3.63) is 66.7 Å². The Morgan fingerprint density at radius 1 is 0.706 bits per heavy atom. The first-order chi connectivity index (χ1) is 8.34. The van der Waals surface area contributed by atoms with Crippen molar-refractivity contribution < 1.29 is 0 Å². The Balaban J connectivity index is 0.000000115. The number of nitrogen functional groups attached to an aromatic ring is 1. The second-order valence-electron chi connectivity index (χ2n) is 4.16. The molecule has 0 unspecified atom stereocenters. The molecule has 0 aliphatic heterocycles. The quantitative estimate of drug-likeness (QED) is 0.443. The average molecular weight is 219 g/mol. The van der Waals surface area contributed by atoms with Crippen LogP contribution in [0.4, 0.5) is 5.69 Å².